The van der Waals surface area contributed by atoms with Gasteiger partial charge in [-0.25, -0.2) is 8.42 Å². The zero-order chi connectivity index (χ0) is 16.6. The molecule has 1 aliphatic rings. The highest BCUT2D eigenvalue weighted by atomic mass is 35.5. The standard InChI is InChI=1S/C14H10Cl2N2O4S/c15-8-1-3-11(10(16)5-8)18-23(20,21)9-2-4-13-12(6-9)17-14(19)7-22-13/h1-6,18H,7H2,(H,17,19). The number of carbonyl (C=O) groups excluding carboxylic acids is 1. The van der Waals surface area contributed by atoms with Gasteiger partial charge in [0.05, 0.1) is 21.3 Å². The Morgan fingerprint density at radius 2 is 1.91 bits per heavy atom. The molecule has 0 atom stereocenters. The maximum atomic E-state index is 12.4. The molecular formula is C14H10Cl2N2O4S. The molecule has 0 bridgehead atoms. The summed E-state index contributed by atoms with van der Waals surface area (Å²) in [6.45, 7) is -0.0995. The third-order valence-electron chi connectivity index (χ3n) is 3.07. The number of rotatable bonds is 3. The normalized spacial score (nSPS) is 13.7. The maximum Gasteiger partial charge on any atom is 0.262 e. The highest BCUT2D eigenvalue weighted by molar-refractivity contribution is 7.92. The predicted octanol–water partition coefficient (Wildman–Crippen LogP) is 3.13. The highest BCUT2D eigenvalue weighted by Gasteiger charge is 2.21. The van der Waals surface area contributed by atoms with Crippen LogP contribution in [-0.2, 0) is 14.8 Å². The minimum absolute atomic E-state index is 0.0342. The second kappa shape index (κ2) is 5.92. The number of hydrogen-bond acceptors (Lipinski definition) is 4. The lowest BCUT2D eigenvalue weighted by atomic mass is 10.2. The minimum atomic E-state index is -3.88. The Hall–Kier alpha value is -1.96. The van der Waals surface area contributed by atoms with E-state index in [9.17, 15) is 13.2 Å². The van der Waals surface area contributed by atoms with Crippen LogP contribution in [0.15, 0.2) is 41.3 Å². The second-order valence-corrected chi connectivity index (χ2v) is 7.25. The van der Waals surface area contributed by atoms with Crippen LogP contribution in [0.4, 0.5) is 11.4 Å². The number of hydrogen-bond donors (Lipinski definition) is 2. The fraction of sp³-hybridized carbons (Fsp3) is 0.0714. The number of benzene rings is 2. The predicted molar refractivity (Wildman–Crippen MR) is 87.8 cm³/mol. The first-order valence-corrected chi connectivity index (χ1v) is 8.64. The van der Waals surface area contributed by atoms with E-state index in [4.69, 9.17) is 27.9 Å². The Bertz CT molecular complexity index is 900. The summed E-state index contributed by atoms with van der Waals surface area (Å²) in [6, 6.07) is 8.59. The van der Waals surface area contributed by atoms with Crippen molar-refractivity contribution in [1.29, 1.82) is 0 Å². The molecule has 2 aromatic rings. The van der Waals surface area contributed by atoms with Crippen molar-refractivity contribution in [2.45, 2.75) is 4.90 Å². The zero-order valence-corrected chi connectivity index (χ0v) is 13.8. The van der Waals surface area contributed by atoms with E-state index in [1.807, 2.05) is 0 Å². The molecule has 0 spiro atoms. The van der Waals surface area contributed by atoms with Gasteiger partial charge in [0.1, 0.15) is 5.75 Å². The molecule has 3 rings (SSSR count). The molecule has 9 heteroatoms. The summed E-state index contributed by atoms with van der Waals surface area (Å²) in [6.07, 6.45) is 0. The molecule has 0 radical (unpaired) electrons. The van der Waals surface area contributed by atoms with Gasteiger partial charge in [-0.3, -0.25) is 9.52 Å². The first kappa shape index (κ1) is 15.9. The maximum absolute atomic E-state index is 12.4. The number of amides is 1. The molecule has 1 heterocycles. The van der Waals surface area contributed by atoms with Crippen LogP contribution in [0, 0.1) is 0 Å². The smallest absolute Gasteiger partial charge is 0.262 e. The van der Waals surface area contributed by atoms with E-state index < -0.39 is 10.0 Å². The monoisotopic (exact) mass is 372 g/mol. The van der Waals surface area contributed by atoms with Crippen LogP contribution in [0.1, 0.15) is 0 Å². The molecule has 1 aliphatic heterocycles. The molecule has 6 nitrogen and oxygen atoms in total. The van der Waals surface area contributed by atoms with Crippen LogP contribution in [0.5, 0.6) is 5.75 Å². The summed E-state index contributed by atoms with van der Waals surface area (Å²) in [5.41, 5.74) is 0.500. The van der Waals surface area contributed by atoms with E-state index in [2.05, 4.69) is 10.0 Å². The van der Waals surface area contributed by atoms with Crippen LogP contribution >= 0.6 is 23.2 Å². The zero-order valence-electron chi connectivity index (χ0n) is 11.5. The molecule has 0 aromatic heterocycles. The number of ether oxygens (including phenoxy) is 1. The van der Waals surface area contributed by atoms with Crippen LogP contribution < -0.4 is 14.8 Å². The molecular weight excluding hydrogens is 363 g/mol. The summed E-state index contributed by atoms with van der Waals surface area (Å²) < 4.78 is 32.5. The van der Waals surface area contributed by atoms with Gasteiger partial charge >= 0.3 is 0 Å². The summed E-state index contributed by atoms with van der Waals surface area (Å²) in [5.74, 6) is 0.0637. The van der Waals surface area contributed by atoms with Crippen molar-refractivity contribution >= 4 is 50.5 Å². The van der Waals surface area contributed by atoms with Gasteiger partial charge in [-0.1, -0.05) is 23.2 Å². The molecule has 2 N–H and O–H groups in total. The van der Waals surface area contributed by atoms with Gasteiger partial charge in [-0.15, -0.1) is 0 Å². The van der Waals surface area contributed by atoms with Crippen molar-refractivity contribution in [2.75, 3.05) is 16.6 Å². The van der Waals surface area contributed by atoms with Crippen molar-refractivity contribution in [3.8, 4) is 5.75 Å². The van der Waals surface area contributed by atoms with Crippen molar-refractivity contribution in [1.82, 2.24) is 0 Å². The average Bonchev–Trinajstić information content (AvgIpc) is 2.49. The third-order valence-corrected chi connectivity index (χ3v) is 4.98. The number of sulfonamides is 1. The van der Waals surface area contributed by atoms with E-state index >= 15 is 0 Å². The average molecular weight is 373 g/mol. The number of halogens is 2. The highest BCUT2D eigenvalue weighted by Crippen LogP contribution is 2.32. The lowest BCUT2D eigenvalue weighted by Crippen LogP contribution is -2.25. The quantitative estimate of drug-likeness (QED) is 0.866. The third kappa shape index (κ3) is 3.36. The topological polar surface area (TPSA) is 84.5 Å². The molecule has 0 fully saturated rings. The van der Waals surface area contributed by atoms with Gasteiger partial charge in [0.15, 0.2) is 6.61 Å². The van der Waals surface area contributed by atoms with Crippen LogP contribution in [0.3, 0.4) is 0 Å². The summed E-state index contributed by atoms with van der Waals surface area (Å²) >= 11 is 11.8. The molecule has 2 aromatic carbocycles. The van der Waals surface area contributed by atoms with E-state index in [1.165, 1.54) is 36.4 Å². The molecule has 0 aliphatic carbocycles. The molecule has 23 heavy (non-hydrogen) atoms. The number of nitrogens with one attached hydrogen (secondary N) is 2. The van der Waals surface area contributed by atoms with Gasteiger partial charge in [0.25, 0.3) is 15.9 Å². The second-order valence-electron chi connectivity index (χ2n) is 4.72. The molecule has 1 amide bonds. The van der Waals surface area contributed by atoms with Gasteiger partial charge in [-0.05, 0) is 36.4 Å². The minimum Gasteiger partial charge on any atom is -0.482 e. The SMILES string of the molecule is O=C1COc2ccc(S(=O)(=O)Nc3ccc(Cl)cc3Cl)cc2N1. The van der Waals surface area contributed by atoms with Crippen molar-refractivity contribution in [3.63, 3.8) is 0 Å². The van der Waals surface area contributed by atoms with Gasteiger partial charge in [-0.2, -0.15) is 0 Å². The Morgan fingerprint density at radius 3 is 2.65 bits per heavy atom. The van der Waals surface area contributed by atoms with E-state index in [0.29, 0.717) is 16.5 Å². The summed E-state index contributed by atoms with van der Waals surface area (Å²) in [7, 11) is -3.88. The molecule has 0 saturated carbocycles. The van der Waals surface area contributed by atoms with Crippen LogP contribution in [0.25, 0.3) is 0 Å². The Balaban J connectivity index is 1.93. The van der Waals surface area contributed by atoms with Crippen LogP contribution in [0.2, 0.25) is 10.0 Å². The fourth-order valence-corrected chi connectivity index (χ4v) is 3.62. The number of carbonyl (C=O) groups is 1. The summed E-state index contributed by atoms with van der Waals surface area (Å²) in [4.78, 5) is 11.3. The Kier molecular flexibility index (Phi) is 4.09. The van der Waals surface area contributed by atoms with Crippen molar-refractivity contribution in [3.05, 3.63) is 46.4 Å². The fourth-order valence-electron chi connectivity index (χ4n) is 2.01. The Labute approximate surface area is 142 Å². The van der Waals surface area contributed by atoms with Gasteiger partial charge in [0.2, 0.25) is 0 Å². The number of fused-ring (bicyclic) bond motifs is 1. The summed E-state index contributed by atoms with van der Waals surface area (Å²) in [5, 5.41) is 3.13. The van der Waals surface area contributed by atoms with Gasteiger partial charge in [0, 0.05) is 5.02 Å². The van der Waals surface area contributed by atoms with E-state index in [-0.39, 0.29) is 28.1 Å². The molecule has 120 valence electrons. The first-order chi connectivity index (χ1) is 10.8. The molecule has 0 saturated heterocycles. The molecule has 0 unspecified atom stereocenters. The largest absolute Gasteiger partial charge is 0.482 e. The van der Waals surface area contributed by atoms with Gasteiger partial charge < -0.3 is 10.1 Å². The van der Waals surface area contributed by atoms with Crippen molar-refractivity contribution < 1.29 is 17.9 Å². The first-order valence-electron chi connectivity index (χ1n) is 6.40. The lowest BCUT2D eigenvalue weighted by molar-refractivity contribution is -0.118. The van der Waals surface area contributed by atoms with Crippen molar-refractivity contribution in [2.24, 2.45) is 0 Å². The lowest BCUT2D eigenvalue weighted by Gasteiger charge is -2.18. The van der Waals surface area contributed by atoms with Crippen LogP contribution in [-0.4, -0.2) is 20.9 Å². The number of anilines is 2. The van der Waals surface area contributed by atoms with E-state index in [0.717, 1.165) is 0 Å². The Morgan fingerprint density at radius 1 is 1.13 bits per heavy atom. The van der Waals surface area contributed by atoms with E-state index in [1.54, 1.807) is 0 Å².